The SMILES string of the molecule is O=C(O)C[C@H](N=C=S)C(=O)O. The Balaban J connectivity index is 4.22. The Kier molecular flexibility index (Phi) is 4.02. The molecule has 0 bridgehead atoms. The van der Waals surface area contributed by atoms with Crippen LogP contribution in [-0.4, -0.2) is 33.4 Å². The minimum atomic E-state index is -1.32. The van der Waals surface area contributed by atoms with E-state index in [9.17, 15) is 9.59 Å². The van der Waals surface area contributed by atoms with Gasteiger partial charge in [0.05, 0.1) is 11.6 Å². The monoisotopic (exact) mass is 175 g/mol. The summed E-state index contributed by atoms with van der Waals surface area (Å²) in [5, 5.41) is 18.3. The summed E-state index contributed by atoms with van der Waals surface area (Å²) in [5.41, 5.74) is 0. The van der Waals surface area contributed by atoms with Gasteiger partial charge < -0.3 is 10.2 Å². The fourth-order valence-electron chi connectivity index (χ4n) is 0.417. The van der Waals surface area contributed by atoms with Crippen molar-refractivity contribution >= 4 is 29.3 Å². The number of aliphatic imine (C=N–C) groups is 1. The molecule has 0 fully saturated rings. The number of hydrogen-bond acceptors (Lipinski definition) is 4. The zero-order valence-corrected chi connectivity index (χ0v) is 6.17. The molecular formula is C5H5NO4S. The summed E-state index contributed by atoms with van der Waals surface area (Å²) in [6.07, 6.45) is -0.570. The number of carboxylic acids is 2. The summed E-state index contributed by atoms with van der Waals surface area (Å²) in [4.78, 5) is 23.3. The van der Waals surface area contributed by atoms with E-state index in [1.54, 1.807) is 0 Å². The molecule has 11 heavy (non-hydrogen) atoms. The van der Waals surface area contributed by atoms with Crippen molar-refractivity contribution in [3.63, 3.8) is 0 Å². The first kappa shape index (κ1) is 9.74. The molecule has 0 unspecified atom stereocenters. The molecule has 0 aromatic heterocycles. The third kappa shape index (κ3) is 4.19. The number of carboxylic acid groups (broad SMARTS) is 2. The van der Waals surface area contributed by atoms with E-state index in [2.05, 4.69) is 17.2 Å². The molecule has 0 rings (SSSR count). The second kappa shape index (κ2) is 4.54. The molecule has 60 valence electrons. The van der Waals surface area contributed by atoms with E-state index in [1.807, 2.05) is 5.16 Å². The molecule has 0 radical (unpaired) electrons. The quantitative estimate of drug-likeness (QED) is 0.464. The summed E-state index contributed by atoms with van der Waals surface area (Å²) in [7, 11) is 0. The van der Waals surface area contributed by atoms with Gasteiger partial charge in [-0.25, -0.2) is 9.79 Å². The highest BCUT2D eigenvalue weighted by Crippen LogP contribution is 1.96. The molecule has 0 aliphatic rings. The predicted molar refractivity (Wildman–Crippen MR) is 38.7 cm³/mol. The van der Waals surface area contributed by atoms with Crippen LogP contribution in [-0.2, 0) is 9.59 Å². The average molecular weight is 175 g/mol. The second-order valence-electron chi connectivity index (χ2n) is 1.67. The first-order valence-corrected chi connectivity index (χ1v) is 3.00. The van der Waals surface area contributed by atoms with Crippen LogP contribution >= 0.6 is 12.2 Å². The normalized spacial score (nSPS) is 11.3. The Hall–Kier alpha value is -1.26. The molecule has 6 heteroatoms. The number of isothiocyanates is 1. The van der Waals surface area contributed by atoms with Gasteiger partial charge in [0.15, 0.2) is 6.04 Å². The molecule has 0 aliphatic heterocycles. The molecule has 0 amide bonds. The Morgan fingerprint density at radius 3 is 2.36 bits per heavy atom. The third-order valence-electron chi connectivity index (χ3n) is 0.862. The smallest absolute Gasteiger partial charge is 0.329 e. The van der Waals surface area contributed by atoms with Gasteiger partial charge in [0, 0.05) is 0 Å². The van der Waals surface area contributed by atoms with Gasteiger partial charge >= 0.3 is 11.9 Å². The molecule has 0 aromatic rings. The highest BCUT2D eigenvalue weighted by Gasteiger charge is 2.18. The van der Waals surface area contributed by atoms with Crippen LogP contribution in [0.1, 0.15) is 6.42 Å². The van der Waals surface area contributed by atoms with E-state index in [0.29, 0.717) is 0 Å². The molecule has 0 aromatic carbocycles. The lowest BCUT2D eigenvalue weighted by Gasteiger charge is -1.99. The second-order valence-corrected chi connectivity index (χ2v) is 1.85. The Morgan fingerprint density at radius 2 is 2.09 bits per heavy atom. The standard InChI is InChI=1S/C5H5NO4S/c7-4(8)1-3(5(9)10)6-2-11/h3H,1H2,(H,7,8)(H,9,10)/t3-/m0/s1. The lowest BCUT2D eigenvalue weighted by Crippen LogP contribution is -2.21. The zero-order valence-electron chi connectivity index (χ0n) is 5.35. The van der Waals surface area contributed by atoms with Gasteiger partial charge in [0.25, 0.3) is 0 Å². The maximum Gasteiger partial charge on any atom is 0.329 e. The maximum absolute atomic E-state index is 10.2. The van der Waals surface area contributed by atoms with Gasteiger partial charge in [0.2, 0.25) is 0 Å². The van der Waals surface area contributed by atoms with Gasteiger partial charge in [-0.1, -0.05) is 0 Å². The number of carbonyl (C=O) groups is 2. The van der Waals surface area contributed by atoms with E-state index in [4.69, 9.17) is 10.2 Å². The number of aliphatic carboxylic acids is 2. The minimum Gasteiger partial charge on any atom is -0.481 e. The molecule has 2 N–H and O–H groups in total. The van der Waals surface area contributed by atoms with Gasteiger partial charge in [-0.15, -0.1) is 0 Å². The van der Waals surface area contributed by atoms with Crippen LogP contribution in [0.25, 0.3) is 0 Å². The highest BCUT2D eigenvalue weighted by atomic mass is 32.1. The number of nitrogens with zero attached hydrogens (tertiary/aromatic N) is 1. The van der Waals surface area contributed by atoms with Crippen LogP contribution in [0, 0.1) is 0 Å². The number of hydrogen-bond donors (Lipinski definition) is 2. The van der Waals surface area contributed by atoms with E-state index in [0.717, 1.165) is 0 Å². The average Bonchev–Trinajstić information content (AvgIpc) is 1.86. The maximum atomic E-state index is 10.2. The molecule has 0 spiro atoms. The van der Waals surface area contributed by atoms with Crippen molar-refractivity contribution in [1.82, 2.24) is 0 Å². The van der Waals surface area contributed by atoms with Crippen molar-refractivity contribution in [1.29, 1.82) is 0 Å². The first-order valence-electron chi connectivity index (χ1n) is 2.59. The van der Waals surface area contributed by atoms with Crippen molar-refractivity contribution < 1.29 is 19.8 Å². The van der Waals surface area contributed by atoms with Crippen LogP contribution in [0.2, 0.25) is 0 Å². The van der Waals surface area contributed by atoms with Crippen LogP contribution in [0.4, 0.5) is 0 Å². The fraction of sp³-hybridized carbons (Fsp3) is 0.400. The molecule has 0 saturated heterocycles. The summed E-state index contributed by atoms with van der Waals surface area (Å²) >= 11 is 4.13. The predicted octanol–water partition coefficient (Wildman–Crippen LogP) is 0.0171. The highest BCUT2D eigenvalue weighted by molar-refractivity contribution is 7.78. The Bertz CT molecular complexity index is 219. The van der Waals surface area contributed by atoms with Crippen LogP contribution < -0.4 is 0 Å². The third-order valence-corrected chi connectivity index (χ3v) is 0.967. The van der Waals surface area contributed by atoms with Gasteiger partial charge in [-0.2, -0.15) is 0 Å². The van der Waals surface area contributed by atoms with Crippen LogP contribution in [0.5, 0.6) is 0 Å². The largest absolute Gasteiger partial charge is 0.481 e. The van der Waals surface area contributed by atoms with Crippen molar-refractivity contribution in [3.05, 3.63) is 0 Å². The van der Waals surface area contributed by atoms with Crippen molar-refractivity contribution in [3.8, 4) is 0 Å². The van der Waals surface area contributed by atoms with Gasteiger partial charge in [-0.3, -0.25) is 4.79 Å². The minimum absolute atomic E-state index is 0.570. The lowest BCUT2D eigenvalue weighted by molar-refractivity contribution is -0.144. The summed E-state index contributed by atoms with van der Waals surface area (Å²) in [6.45, 7) is 0. The van der Waals surface area contributed by atoms with Crippen molar-refractivity contribution in [2.75, 3.05) is 0 Å². The van der Waals surface area contributed by atoms with Crippen LogP contribution in [0.3, 0.4) is 0 Å². The molecular weight excluding hydrogens is 170 g/mol. The summed E-state index contributed by atoms with van der Waals surface area (Å²) in [6, 6.07) is -1.31. The molecule has 0 aliphatic carbocycles. The Morgan fingerprint density at radius 1 is 1.55 bits per heavy atom. The lowest BCUT2D eigenvalue weighted by atomic mass is 10.2. The number of rotatable bonds is 4. The van der Waals surface area contributed by atoms with Crippen molar-refractivity contribution in [2.24, 2.45) is 4.99 Å². The van der Waals surface area contributed by atoms with E-state index < -0.39 is 24.4 Å². The first-order chi connectivity index (χ1) is 5.07. The van der Waals surface area contributed by atoms with Crippen molar-refractivity contribution in [2.45, 2.75) is 12.5 Å². The molecule has 0 saturated carbocycles. The fourth-order valence-corrected chi connectivity index (χ4v) is 0.544. The van der Waals surface area contributed by atoms with E-state index >= 15 is 0 Å². The Labute approximate surface area is 67.4 Å². The molecule has 1 atom stereocenters. The molecule has 0 heterocycles. The summed E-state index contributed by atoms with van der Waals surface area (Å²) < 4.78 is 0. The van der Waals surface area contributed by atoms with E-state index in [-0.39, 0.29) is 0 Å². The molecule has 5 nitrogen and oxygen atoms in total. The van der Waals surface area contributed by atoms with E-state index in [1.165, 1.54) is 0 Å². The zero-order chi connectivity index (χ0) is 8.85. The van der Waals surface area contributed by atoms with Gasteiger partial charge in [0.1, 0.15) is 0 Å². The topological polar surface area (TPSA) is 87.0 Å². The number of thiocarbonyl (C=S) groups is 1. The summed E-state index contributed by atoms with van der Waals surface area (Å²) in [5.74, 6) is -2.55. The van der Waals surface area contributed by atoms with Crippen LogP contribution in [0.15, 0.2) is 4.99 Å². The van der Waals surface area contributed by atoms with Gasteiger partial charge in [-0.05, 0) is 12.2 Å².